The fourth-order valence-corrected chi connectivity index (χ4v) is 1.76. The van der Waals surface area contributed by atoms with Gasteiger partial charge in [-0.15, -0.1) is 0 Å². The molecule has 68 valence electrons. The zero-order valence-electron chi connectivity index (χ0n) is 7.07. The Morgan fingerprint density at radius 3 is 3.00 bits per heavy atom. The van der Waals surface area contributed by atoms with E-state index in [2.05, 4.69) is 21.0 Å². The molecule has 0 bridgehead atoms. The first-order valence-corrected chi connectivity index (χ1v) is 4.92. The van der Waals surface area contributed by atoms with Crippen LogP contribution in [0.3, 0.4) is 0 Å². The van der Waals surface area contributed by atoms with E-state index in [1.165, 1.54) is 0 Å². The van der Waals surface area contributed by atoms with E-state index in [0.29, 0.717) is 6.54 Å². The van der Waals surface area contributed by atoms with E-state index >= 15 is 0 Å². The van der Waals surface area contributed by atoms with E-state index in [9.17, 15) is 0 Å². The molecule has 2 N–H and O–H groups in total. The Bertz CT molecular complexity index is 422. The highest BCUT2D eigenvalue weighted by Crippen LogP contribution is 2.22. The molecule has 2 aromatic rings. The van der Waals surface area contributed by atoms with Crippen molar-refractivity contribution in [3.05, 3.63) is 28.9 Å². The number of rotatable bonds is 2. The lowest BCUT2D eigenvalue weighted by atomic mass is 10.3. The van der Waals surface area contributed by atoms with Crippen LogP contribution in [0.5, 0.6) is 0 Å². The molecule has 3 nitrogen and oxygen atoms in total. The molecular weight excluding hydrogens is 230 g/mol. The molecule has 0 aliphatic rings. The quantitative estimate of drug-likeness (QED) is 0.869. The van der Waals surface area contributed by atoms with Gasteiger partial charge in [0.25, 0.3) is 0 Å². The number of nitrogens with zero attached hydrogens (tertiary/aromatic N) is 2. The summed E-state index contributed by atoms with van der Waals surface area (Å²) in [5.74, 6) is 0. The molecule has 0 spiro atoms. The molecule has 1 aromatic heterocycles. The summed E-state index contributed by atoms with van der Waals surface area (Å²) in [7, 11) is 0. The molecule has 0 aliphatic heterocycles. The average molecular weight is 240 g/mol. The maximum Gasteiger partial charge on any atom is 0.0934 e. The minimum atomic E-state index is 0.617. The van der Waals surface area contributed by atoms with E-state index < -0.39 is 0 Å². The summed E-state index contributed by atoms with van der Waals surface area (Å²) in [5.41, 5.74) is 6.45. The van der Waals surface area contributed by atoms with E-state index in [1.807, 2.05) is 29.1 Å². The summed E-state index contributed by atoms with van der Waals surface area (Å²) < 4.78 is 2.95. The molecule has 0 unspecified atom stereocenters. The zero-order valence-corrected chi connectivity index (χ0v) is 8.66. The maximum atomic E-state index is 5.45. The Kier molecular flexibility index (Phi) is 2.33. The Balaban J connectivity index is 2.55. The Labute approximate surface area is 84.7 Å². The summed E-state index contributed by atoms with van der Waals surface area (Å²) in [4.78, 5) is 0. The van der Waals surface area contributed by atoms with Crippen molar-refractivity contribution in [2.24, 2.45) is 5.73 Å². The van der Waals surface area contributed by atoms with Gasteiger partial charge < -0.3 is 5.73 Å². The predicted octanol–water partition coefficient (Wildman–Crippen LogP) is 1.76. The topological polar surface area (TPSA) is 43.8 Å². The predicted molar refractivity (Wildman–Crippen MR) is 56.5 cm³/mol. The van der Waals surface area contributed by atoms with Crippen LogP contribution in [0.15, 0.2) is 28.9 Å². The van der Waals surface area contributed by atoms with Crippen molar-refractivity contribution in [1.29, 1.82) is 0 Å². The third-order valence-electron chi connectivity index (χ3n) is 1.90. The number of nitrogens with two attached hydrogens (primary N) is 1. The molecule has 0 radical (unpaired) electrons. The standard InChI is InChI=1S/C9H10BrN3/c10-8-2-1-3-9-7(8)6-13(12-9)5-4-11/h1-3,6H,4-5,11H2. The Morgan fingerprint density at radius 2 is 2.31 bits per heavy atom. The van der Waals surface area contributed by atoms with Crippen molar-refractivity contribution in [2.45, 2.75) is 6.54 Å². The van der Waals surface area contributed by atoms with Crippen molar-refractivity contribution in [3.8, 4) is 0 Å². The molecule has 0 atom stereocenters. The molecule has 2 rings (SSSR count). The summed E-state index contributed by atoms with van der Waals surface area (Å²) >= 11 is 3.48. The van der Waals surface area contributed by atoms with Gasteiger partial charge in [0, 0.05) is 22.6 Å². The van der Waals surface area contributed by atoms with Crippen LogP contribution >= 0.6 is 15.9 Å². The molecule has 4 heteroatoms. The van der Waals surface area contributed by atoms with Crippen molar-refractivity contribution in [1.82, 2.24) is 9.78 Å². The monoisotopic (exact) mass is 239 g/mol. The largest absolute Gasteiger partial charge is 0.329 e. The number of aromatic nitrogens is 2. The Hall–Kier alpha value is -0.870. The smallest absolute Gasteiger partial charge is 0.0934 e. The highest BCUT2D eigenvalue weighted by molar-refractivity contribution is 9.10. The lowest BCUT2D eigenvalue weighted by molar-refractivity contribution is 0.632. The normalized spacial score (nSPS) is 10.9. The third kappa shape index (κ3) is 1.59. The van der Waals surface area contributed by atoms with Gasteiger partial charge in [0.05, 0.1) is 12.1 Å². The Morgan fingerprint density at radius 1 is 1.46 bits per heavy atom. The van der Waals surface area contributed by atoms with Gasteiger partial charge in [-0.05, 0) is 12.1 Å². The van der Waals surface area contributed by atoms with Crippen LogP contribution in [0.4, 0.5) is 0 Å². The van der Waals surface area contributed by atoms with Gasteiger partial charge in [-0.1, -0.05) is 22.0 Å². The van der Waals surface area contributed by atoms with Gasteiger partial charge in [-0.2, -0.15) is 5.10 Å². The fraction of sp³-hybridized carbons (Fsp3) is 0.222. The molecule has 1 heterocycles. The molecule has 13 heavy (non-hydrogen) atoms. The van der Waals surface area contributed by atoms with Crippen LogP contribution in [0.2, 0.25) is 0 Å². The van der Waals surface area contributed by atoms with Crippen LogP contribution < -0.4 is 5.73 Å². The molecule has 0 amide bonds. The summed E-state index contributed by atoms with van der Waals surface area (Å²) in [6, 6.07) is 5.98. The highest BCUT2D eigenvalue weighted by atomic mass is 79.9. The summed E-state index contributed by atoms with van der Waals surface area (Å²) in [6.07, 6.45) is 2.01. The van der Waals surface area contributed by atoms with Crippen molar-refractivity contribution in [3.63, 3.8) is 0 Å². The van der Waals surface area contributed by atoms with E-state index in [-0.39, 0.29) is 0 Å². The van der Waals surface area contributed by atoms with Crippen LogP contribution in [0.1, 0.15) is 0 Å². The zero-order chi connectivity index (χ0) is 9.26. The number of halogens is 1. The van der Waals surface area contributed by atoms with Crippen molar-refractivity contribution >= 4 is 26.8 Å². The highest BCUT2D eigenvalue weighted by Gasteiger charge is 2.02. The molecule has 0 aliphatic carbocycles. The second-order valence-electron chi connectivity index (χ2n) is 2.85. The molecule has 0 fully saturated rings. The summed E-state index contributed by atoms with van der Waals surface area (Å²) in [6.45, 7) is 1.38. The van der Waals surface area contributed by atoms with Gasteiger partial charge in [0.2, 0.25) is 0 Å². The van der Waals surface area contributed by atoms with E-state index in [1.54, 1.807) is 0 Å². The first-order valence-electron chi connectivity index (χ1n) is 4.13. The number of hydrogen-bond acceptors (Lipinski definition) is 2. The minimum Gasteiger partial charge on any atom is -0.329 e. The average Bonchev–Trinajstić information content (AvgIpc) is 2.49. The van der Waals surface area contributed by atoms with E-state index in [4.69, 9.17) is 5.73 Å². The molecular formula is C9H10BrN3. The minimum absolute atomic E-state index is 0.617. The lowest BCUT2D eigenvalue weighted by Gasteiger charge is -1.93. The number of hydrogen-bond donors (Lipinski definition) is 1. The van der Waals surface area contributed by atoms with Gasteiger partial charge >= 0.3 is 0 Å². The van der Waals surface area contributed by atoms with Crippen LogP contribution in [-0.4, -0.2) is 16.3 Å². The van der Waals surface area contributed by atoms with Crippen molar-refractivity contribution < 1.29 is 0 Å². The van der Waals surface area contributed by atoms with E-state index in [0.717, 1.165) is 21.9 Å². The molecule has 0 saturated heterocycles. The van der Waals surface area contributed by atoms with Gasteiger partial charge in [-0.3, -0.25) is 4.68 Å². The van der Waals surface area contributed by atoms with Crippen LogP contribution in [0.25, 0.3) is 10.9 Å². The molecule has 0 saturated carbocycles. The van der Waals surface area contributed by atoms with Crippen molar-refractivity contribution in [2.75, 3.05) is 6.54 Å². The van der Waals surface area contributed by atoms with Gasteiger partial charge in [-0.25, -0.2) is 0 Å². The second-order valence-corrected chi connectivity index (χ2v) is 3.71. The third-order valence-corrected chi connectivity index (χ3v) is 2.59. The molecule has 1 aromatic carbocycles. The first kappa shape index (κ1) is 8.72. The lowest BCUT2D eigenvalue weighted by Crippen LogP contribution is -2.09. The van der Waals surface area contributed by atoms with Crippen LogP contribution in [-0.2, 0) is 6.54 Å². The summed E-state index contributed by atoms with van der Waals surface area (Å²) in [5, 5.41) is 5.51. The SMILES string of the molecule is NCCn1cc2c(Br)cccc2n1. The maximum absolute atomic E-state index is 5.45. The van der Waals surface area contributed by atoms with Crippen LogP contribution in [0, 0.1) is 0 Å². The van der Waals surface area contributed by atoms with Gasteiger partial charge in [0.15, 0.2) is 0 Å². The number of benzene rings is 1. The number of fused-ring (bicyclic) bond motifs is 1. The fourth-order valence-electron chi connectivity index (χ4n) is 1.30. The van der Waals surface area contributed by atoms with Gasteiger partial charge in [0.1, 0.15) is 0 Å². The first-order chi connectivity index (χ1) is 6.31. The second kappa shape index (κ2) is 3.47.